The highest BCUT2D eigenvalue weighted by Crippen LogP contribution is 2.19. The minimum Gasteiger partial charge on any atom is -0.275 e. The third-order valence-electron chi connectivity index (χ3n) is 1.72. The van der Waals surface area contributed by atoms with Crippen molar-refractivity contribution < 1.29 is 9.63 Å². The number of hydrogen-bond acceptors (Lipinski definition) is 3. The molecule has 1 aromatic heterocycles. The molecule has 5 nitrogen and oxygen atoms in total. The molecule has 14 heavy (non-hydrogen) atoms. The van der Waals surface area contributed by atoms with E-state index in [2.05, 4.69) is 15.3 Å². The maximum Gasteiger partial charge on any atom is 0.350 e. The number of nitrogens with zero attached hydrogens (tertiary/aromatic N) is 2. The summed E-state index contributed by atoms with van der Waals surface area (Å²) >= 11 is 0. The van der Waals surface area contributed by atoms with Gasteiger partial charge in [-0.1, -0.05) is 20.8 Å². The van der Waals surface area contributed by atoms with Crippen molar-refractivity contribution >= 4 is 6.03 Å². The zero-order valence-corrected chi connectivity index (χ0v) is 8.87. The molecule has 1 heterocycles. The highest BCUT2D eigenvalue weighted by atomic mass is 16.6. The molecule has 0 fully saturated rings. The largest absolute Gasteiger partial charge is 0.350 e. The number of carbonyl (C=O) groups is 1. The summed E-state index contributed by atoms with van der Waals surface area (Å²) in [4.78, 5) is 20.1. The van der Waals surface area contributed by atoms with Crippen LogP contribution in [-0.2, 0) is 10.3 Å². The third kappa shape index (κ3) is 2.11. The lowest BCUT2D eigenvalue weighted by Crippen LogP contribution is -2.31. The van der Waals surface area contributed by atoms with Gasteiger partial charge in [0.05, 0.1) is 7.11 Å². The van der Waals surface area contributed by atoms with Crippen LogP contribution in [0.1, 0.15) is 26.6 Å². The molecule has 5 heteroatoms. The molecule has 0 bridgehead atoms. The number of nitrogens with one attached hydrogen (secondary N) is 1. The van der Waals surface area contributed by atoms with E-state index in [0.29, 0.717) is 5.82 Å². The molecule has 0 radical (unpaired) electrons. The van der Waals surface area contributed by atoms with Gasteiger partial charge in [-0.2, -0.15) is 0 Å². The van der Waals surface area contributed by atoms with E-state index in [1.54, 1.807) is 12.4 Å². The van der Waals surface area contributed by atoms with E-state index >= 15 is 0 Å². The number of hydrogen-bond donors (Lipinski definition) is 1. The van der Waals surface area contributed by atoms with E-state index in [1.807, 2.05) is 20.8 Å². The third-order valence-corrected chi connectivity index (χ3v) is 1.72. The van der Waals surface area contributed by atoms with Crippen molar-refractivity contribution in [2.45, 2.75) is 26.2 Å². The summed E-state index contributed by atoms with van der Waals surface area (Å²) in [7, 11) is 1.39. The zero-order chi connectivity index (χ0) is 10.8. The van der Waals surface area contributed by atoms with Crippen LogP contribution in [0.3, 0.4) is 0 Å². The van der Waals surface area contributed by atoms with Crippen LogP contribution >= 0.6 is 0 Å². The Kier molecular flexibility index (Phi) is 2.90. The second kappa shape index (κ2) is 3.79. The molecule has 0 aliphatic rings. The average Bonchev–Trinajstić information content (AvgIpc) is 2.50. The van der Waals surface area contributed by atoms with E-state index in [-0.39, 0.29) is 11.4 Å². The Labute approximate surface area is 83.0 Å². The van der Waals surface area contributed by atoms with Gasteiger partial charge in [0.2, 0.25) is 0 Å². The molecule has 0 aliphatic heterocycles. The fourth-order valence-electron chi connectivity index (χ4n) is 1.16. The molecule has 0 spiro atoms. The van der Waals surface area contributed by atoms with E-state index in [4.69, 9.17) is 0 Å². The van der Waals surface area contributed by atoms with Crippen LogP contribution in [0.2, 0.25) is 0 Å². The van der Waals surface area contributed by atoms with E-state index in [1.165, 1.54) is 11.7 Å². The lowest BCUT2D eigenvalue weighted by atomic mass is 9.96. The van der Waals surface area contributed by atoms with Gasteiger partial charge >= 0.3 is 6.03 Å². The van der Waals surface area contributed by atoms with Crippen LogP contribution in [0.5, 0.6) is 0 Å². The lowest BCUT2D eigenvalue weighted by molar-refractivity contribution is 0.107. The zero-order valence-electron chi connectivity index (χ0n) is 8.87. The summed E-state index contributed by atoms with van der Waals surface area (Å²) in [6.07, 6.45) is 3.20. The summed E-state index contributed by atoms with van der Waals surface area (Å²) in [5.41, 5.74) is 2.07. The molecular weight excluding hydrogens is 182 g/mol. The Bertz CT molecular complexity index is 325. The van der Waals surface area contributed by atoms with Crippen molar-refractivity contribution in [3.63, 3.8) is 0 Å². The predicted octanol–water partition coefficient (Wildman–Crippen LogP) is 1.30. The van der Waals surface area contributed by atoms with Crippen LogP contribution in [0.15, 0.2) is 12.4 Å². The van der Waals surface area contributed by atoms with Crippen LogP contribution < -0.4 is 5.48 Å². The van der Waals surface area contributed by atoms with Gasteiger partial charge in [-0.3, -0.25) is 9.40 Å². The highest BCUT2D eigenvalue weighted by molar-refractivity contribution is 5.76. The fraction of sp³-hybridized carbons (Fsp3) is 0.556. The molecule has 78 valence electrons. The fourth-order valence-corrected chi connectivity index (χ4v) is 1.16. The first-order valence-corrected chi connectivity index (χ1v) is 4.34. The lowest BCUT2D eigenvalue weighted by Gasteiger charge is -2.18. The van der Waals surface area contributed by atoms with Gasteiger partial charge in [0.15, 0.2) is 0 Å². The number of carbonyl (C=O) groups excluding carboxylic acids is 1. The summed E-state index contributed by atoms with van der Waals surface area (Å²) < 4.78 is 1.43. The molecule has 1 aromatic rings. The Hall–Kier alpha value is -1.36. The molecule has 0 saturated heterocycles. The van der Waals surface area contributed by atoms with Crippen molar-refractivity contribution in [2.24, 2.45) is 0 Å². The first kappa shape index (κ1) is 10.7. The number of aromatic nitrogens is 2. The average molecular weight is 197 g/mol. The number of imidazole rings is 1. The van der Waals surface area contributed by atoms with Gasteiger partial charge < -0.3 is 0 Å². The quantitative estimate of drug-likeness (QED) is 0.690. The van der Waals surface area contributed by atoms with Crippen LogP contribution in [-0.4, -0.2) is 22.7 Å². The number of rotatable bonds is 1. The molecule has 1 N–H and O–H groups in total. The maximum absolute atomic E-state index is 11.5. The van der Waals surface area contributed by atoms with E-state index in [9.17, 15) is 4.79 Å². The first-order valence-electron chi connectivity index (χ1n) is 4.34. The van der Waals surface area contributed by atoms with Crippen molar-refractivity contribution in [2.75, 3.05) is 7.11 Å². The molecule has 0 aromatic carbocycles. The van der Waals surface area contributed by atoms with Gasteiger partial charge in [0.1, 0.15) is 5.82 Å². The normalized spacial score (nSPS) is 11.4. The van der Waals surface area contributed by atoms with Crippen LogP contribution in [0, 0.1) is 0 Å². The topological polar surface area (TPSA) is 56.1 Å². The molecule has 0 unspecified atom stereocenters. The van der Waals surface area contributed by atoms with E-state index in [0.717, 1.165) is 0 Å². The number of hydroxylamine groups is 1. The SMILES string of the molecule is CONC(=O)n1ccnc1C(C)(C)C. The first-order chi connectivity index (χ1) is 6.46. The van der Waals surface area contributed by atoms with Gasteiger partial charge in [-0.05, 0) is 0 Å². The molecule has 0 atom stereocenters. The smallest absolute Gasteiger partial charge is 0.275 e. The molecule has 0 saturated carbocycles. The van der Waals surface area contributed by atoms with Crippen molar-refractivity contribution in [1.29, 1.82) is 0 Å². The highest BCUT2D eigenvalue weighted by Gasteiger charge is 2.22. The summed E-state index contributed by atoms with van der Waals surface area (Å²) in [5.74, 6) is 0.701. The van der Waals surface area contributed by atoms with Crippen molar-refractivity contribution in [3.8, 4) is 0 Å². The van der Waals surface area contributed by atoms with Gasteiger partial charge in [0, 0.05) is 17.8 Å². The standard InChI is InChI=1S/C9H15N3O2/c1-9(2,3)7-10-5-6-12(7)8(13)11-14-4/h5-6H,1-4H3,(H,11,13). The summed E-state index contributed by atoms with van der Waals surface area (Å²) in [6.45, 7) is 5.98. The van der Waals surface area contributed by atoms with E-state index < -0.39 is 0 Å². The summed E-state index contributed by atoms with van der Waals surface area (Å²) in [5, 5.41) is 0. The van der Waals surface area contributed by atoms with Gasteiger partial charge in [-0.25, -0.2) is 15.3 Å². The summed E-state index contributed by atoms with van der Waals surface area (Å²) in [6, 6.07) is -0.338. The van der Waals surface area contributed by atoms with Gasteiger partial charge in [-0.15, -0.1) is 0 Å². The van der Waals surface area contributed by atoms with Crippen LogP contribution in [0.25, 0.3) is 0 Å². The second-order valence-electron chi connectivity index (χ2n) is 3.98. The Morgan fingerprint density at radius 1 is 1.57 bits per heavy atom. The predicted molar refractivity (Wildman–Crippen MR) is 51.9 cm³/mol. The monoisotopic (exact) mass is 197 g/mol. The van der Waals surface area contributed by atoms with Crippen molar-refractivity contribution in [3.05, 3.63) is 18.2 Å². The Morgan fingerprint density at radius 3 is 2.71 bits per heavy atom. The Balaban J connectivity index is 2.99. The maximum atomic E-state index is 11.5. The minimum absolute atomic E-state index is 0.172. The molecular formula is C9H15N3O2. The van der Waals surface area contributed by atoms with Crippen LogP contribution in [0.4, 0.5) is 4.79 Å². The molecule has 0 aliphatic carbocycles. The van der Waals surface area contributed by atoms with Crippen molar-refractivity contribution in [1.82, 2.24) is 15.0 Å². The molecule has 1 amide bonds. The minimum atomic E-state index is -0.338. The Morgan fingerprint density at radius 2 is 2.21 bits per heavy atom. The second-order valence-corrected chi connectivity index (χ2v) is 3.98. The number of amides is 1. The molecule has 1 rings (SSSR count). The van der Waals surface area contributed by atoms with Gasteiger partial charge in [0.25, 0.3) is 0 Å².